The summed E-state index contributed by atoms with van der Waals surface area (Å²) in [5.74, 6) is 1.42. The van der Waals surface area contributed by atoms with Gasteiger partial charge in [0.2, 0.25) is 0 Å². The highest BCUT2D eigenvalue weighted by Gasteiger charge is 2.40. The molecule has 0 bridgehead atoms. The molecule has 21 heavy (non-hydrogen) atoms. The number of hydrogen-bond acceptors (Lipinski definition) is 4. The van der Waals surface area contributed by atoms with E-state index >= 15 is 0 Å². The molecule has 3 aliphatic heterocycles. The third-order valence-electron chi connectivity index (χ3n) is 5.55. The number of hydrogen-bond donors (Lipinski definition) is 1. The lowest BCUT2D eigenvalue weighted by Gasteiger charge is -2.43. The minimum atomic E-state index is -0.0524. The molecule has 0 radical (unpaired) electrons. The molecule has 3 rings (SSSR count). The molecule has 3 heterocycles. The number of rotatable bonds is 4. The van der Waals surface area contributed by atoms with Gasteiger partial charge >= 0.3 is 0 Å². The fraction of sp³-hybridized carbons (Fsp3) is 0.941. The van der Waals surface area contributed by atoms with Crippen molar-refractivity contribution in [3.8, 4) is 0 Å². The van der Waals surface area contributed by atoms with Crippen LogP contribution in [-0.4, -0.2) is 44.3 Å². The number of nitrogens with one attached hydrogen (secondary N) is 1. The largest absolute Gasteiger partial charge is 0.381 e. The molecule has 0 aliphatic carbocycles. The van der Waals surface area contributed by atoms with Crippen LogP contribution in [0.2, 0.25) is 0 Å². The van der Waals surface area contributed by atoms with Gasteiger partial charge in [-0.05, 0) is 64.0 Å². The summed E-state index contributed by atoms with van der Waals surface area (Å²) in [7, 11) is 0. The van der Waals surface area contributed by atoms with Crippen LogP contribution < -0.4 is 5.32 Å². The van der Waals surface area contributed by atoms with Crippen LogP contribution in [0, 0.1) is 11.8 Å². The van der Waals surface area contributed by atoms with Crippen molar-refractivity contribution in [3.63, 3.8) is 0 Å². The van der Waals surface area contributed by atoms with E-state index in [1.54, 1.807) is 0 Å². The molecule has 0 aromatic carbocycles. The monoisotopic (exact) mass is 295 g/mol. The number of ketones is 1. The molecule has 120 valence electrons. The maximum atomic E-state index is 12.6. The second kappa shape index (κ2) is 7.21. The fourth-order valence-corrected chi connectivity index (χ4v) is 4.12. The summed E-state index contributed by atoms with van der Waals surface area (Å²) in [4.78, 5) is 12.6. The summed E-state index contributed by atoms with van der Waals surface area (Å²) in [6, 6.07) is 0. The quantitative estimate of drug-likeness (QED) is 0.864. The SMILES string of the molecule is O=C(CCC1CCCNC1)C1CCOC2(CCOCC2)C1. The Morgan fingerprint density at radius 2 is 2.05 bits per heavy atom. The van der Waals surface area contributed by atoms with Gasteiger partial charge in [0.15, 0.2) is 0 Å². The van der Waals surface area contributed by atoms with E-state index in [-0.39, 0.29) is 11.5 Å². The van der Waals surface area contributed by atoms with Gasteiger partial charge in [-0.25, -0.2) is 0 Å². The molecule has 3 aliphatic rings. The highest BCUT2D eigenvalue weighted by Crippen LogP contribution is 2.38. The van der Waals surface area contributed by atoms with Crippen molar-refractivity contribution in [2.24, 2.45) is 11.8 Å². The van der Waals surface area contributed by atoms with E-state index in [1.807, 2.05) is 0 Å². The summed E-state index contributed by atoms with van der Waals surface area (Å²) in [5, 5.41) is 3.44. The summed E-state index contributed by atoms with van der Waals surface area (Å²) in [5.41, 5.74) is -0.0524. The van der Waals surface area contributed by atoms with E-state index in [9.17, 15) is 4.79 Å². The molecule has 0 saturated carbocycles. The zero-order valence-electron chi connectivity index (χ0n) is 13.1. The highest BCUT2D eigenvalue weighted by atomic mass is 16.5. The van der Waals surface area contributed by atoms with Crippen LogP contribution in [0.1, 0.15) is 51.4 Å². The molecule has 4 heteroatoms. The lowest BCUT2D eigenvalue weighted by atomic mass is 9.78. The van der Waals surface area contributed by atoms with Crippen molar-refractivity contribution in [1.82, 2.24) is 5.32 Å². The number of ether oxygens (including phenoxy) is 2. The van der Waals surface area contributed by atoms with Crippen LogP contribution in [0.3, 0.4) is 0 Å². The van der Waals surface area contributed by atoms with Gasteiger partial charge in [0.25, 0.3) is 0 Å². The first-order valence-electron chi connectivity index (χ1n) is 8.73. The van der Waals surface area contributed by atoms with Crippen LogP contribution >= 0.6 is 0 Å². The molecule has 2 atom stereocenters. The lowest BCUT2D eigenvalue weighted by Crippen LogP contribution is -2.46. The number of Topliss-reactive ketones (excluding diaryl/α,β-unsaturated/α-hetero) is 1. The van der Waals surface area contributed by atoms with Crippen molar-refractivity contribution in [1.29, 1.82) is 0 Å². The average Bonchev–Trinajstić information content (AvgIpc) is 2.54. The van der Waals surface area contributed by atoms with E-state index in [4.69, 9.17) is 9.47 Å². The molecule has 2 unspecified atom stereocenters. The lowest BCUT2D eigenvalue weighted by molar-refractivity contribution is -0.157. The molecule has 1 N–H and O–H groups in total. The molecule has 0 aromatic rings. The topological polar surface area (TPSA) is 47.6 Å². The Hall–Kier alpha value is -0.450. The van der Waals surface area contributed by atoms with Crippen molar-refractivity contribution in [3.05, 3.63) is 0 Å². The zero-order chi connectivity index (χ0) is 14.5. The predicted molar refractivity (Wildman–Crippen MR) is 81.3 cm³/mol. The number of carbonyl (C=O) groups excluding carboxylic acids is 1. The zero-order valence-corrected chi connectivity index (χ0v) is 13.1. The van der Waals surface area contributed by atoms with E-state index in [0.717, 1.165) is 71.4 Å². The van der Waals surface area contributed by atoms with Crippen LogP contribution in [-0.2, 0) is 14.3 Å². The normalized spacial score (nSPS) is 33.0. The third-order valence-corrected chi connectivity index (χ3v) is 5.55. The summed E-state index contributed by atoms with van der Waals surface area (Å²) < 4.78 is 11.5. The fourth-order valence-electron chi connectivity index (χ4n) is 4.12. The Morgan fingerprint density at radius 1 is 1.19 bits per heavy atom. The first-order valence-corrected chi connectivity index (χ1v) is 8.73. The van der Waals surface area contributed by atoms with E-state index in [2.05, 4.69) is 5.32 Å². The maximum absolute atomic E-state index is 12.6. The highest BCUT2D eigenvalue weighted by molar-refractivity contribution is 5.81. The van der Waals surface area contributed by atoms with Crippen LogP contribution in [0.4, 0.5) is 0 Å². The van der Waals surface area contributed by atoms with Gasteiger partial charge in [0.1, 0.15) is 5.78 Å². The van der Waals surface area contributed by atoms with Gasteiger partial charge in [-0.15, -0.1) is 0 Å². The van der Waals surface area contributed by atoms with Gasteiger partial charge in [-0.1, -0.05) is 0 Å². The molecule has 0 amide bonds. The van der Waals surface area contributed by atoms with E-state index in [1.165, 1.54) is 12.8 Å². The Labute approximate surface area is 127 Å². The predicted octanol–water partition coefficient (Wildman–Crippen LogP) is 2.31. The smallest absolute Gasteiger partial charge is 0.136 e. The Morgan fingerprint density at radius 3 is 2.81 bits per heavy atom. The van der Waals surface area contributed by atoms with Crippen molar-refractivity contribution >= 4 is 5.78 Å². The maximum Gasteiger partial charge on any atom is 0.136 e. The van der Waals surface area contributed by atoms with Crippen molar-refractivity contribution < 1.29 is 14.3 Å². The molecule has 0 aromatic heterocycles. The second-order valence-electron chi connectivity index (χ2n) is 7.05. The van der Waals surface area contributed by atoms with Gasteiger partial charge in [0, 0.05) is 32.2 Å². The van der Waals surface area contributed by atoms with Crippen molar-refractivity contribution in [2.45, 2.75) is 57.0 Å². The first-order chi connectivity index (χ1) is 10.3. The van der Waals surface area contributed by atoms with Gasteiger partial charge in [-0.2, -0.15) is 0 Å². The van der Waals surface area contributed by atoms with Gasteiger partial charge in [-0.3, -0.25) is 4.79 Å². The first kappa shape index (κ1) is 15.4. The summed E-state index contributed by atoms with van der Waals surface area (Å²) in [6.07, 6.45) is 8.16. The van der Waals surface area contributed by atoms with E-state index < -0.39 is 0 Å². The van der Waals surface area contributed by atoms with Crippen LogP contribution in [0.25, 0.3) is 0 Å². The summed E-state index contributed by atoms with van der Waals surface area (Å²) >= 11 is 0. The van der Waals surface area contributed by atoms with Crippen LogP contribution in [0.15, 0.2) is 0 Å². The third kappa shape index (κ3) is 4.05. The standard InChI is InChI=1S/C17H29NO3/c19-16(4-3-14-2-1-8-18-13-14)15-5-9-21-17(12-15)6-10-20-11-7-17/h14-15,18H,1-13H2. The van der Waals surface area contributed by atoms with E-state index in [0.29, 0.717) is 11.7 Å². The van der Waals surface area contributed by atoms with Gasteiger partial charge < -0.3 is 14.8 Å². The summed E-state index contributed by atoms with van der Waals surface area (Å²) in [6.45, 7) is 4.57. The van der Waals surface area contributed by atoms with Crippen LogP contribution in [0.5, 0.6) is 0 Å². The Balaban J connectivity index is 1.47. The minimum absolute atomic E-state index is 0.0524. The Bertz CT molecular complexity index is 340. The minimum Gasteiger partial charge on any atom is -0.381 e. The van der Waals surface area contributed by atoms with Crippen molar-refractivity contribution in [2.75, 3.05) is 32.9 Å². The molecule has 1 spiro atoms. The molecule has 3 saturated heterocycles. The second-order valence-corrected chi connectivity index (χ2v) is 7.05. The average molecular weight is 295 g/mol. The Kier molecular flexibility index (Phi) is 5.30. The molecular weight excluding hydrogens is 266 g/mol. The molecule has 3 fully saturated rings. The molecular formula is C17H29NO3. The number of piperidine rings is 1. The van der Waals surface area contributed by atoms with Gasteiger partial charge in [0.05, 0.1) is 5.60 Å². The molecule has 4 nitrogen and oxygen atoms in total. The number of carbonyl (C=O) groups is 1.